The molecule has 0 radical (unpaired) electrons. The van der Waals surface area contributed by atoms with Crippen molar-refractivity contribution in [2.45, 2.75) is 77.0 Å². The molecule has 1 saturated carbocycles. The molecule has 0 atom stereocenters. The van der Waals surface area contributed by atoms with Crippen LogP contribution in [0.3, 0.4) is 0 Å². The zero-order valence-electron chi connectivity index (χ0n) is 16.2. The van der Waals surface area contributed by atoms with E-state index in [2.05, 4.69) is 49.0 Å². The van der Waals surface area contributed by atoms with E-state index in [1.807, 2.05) is 12.1 Å². The van der Waals surface area contributed by atoms with Crippen LogP contribution in [0.15, 0.2) is 24.5 Å². The number of aromatic nitrogens is 2. The van der Waals surface area contributed by atoms with Crippen LogP contribution < -0.4 is 10.8 Å². The number of benzene rings is 1. The Morgan fingerprint density at radius 3 is 2.38 bits per heavy atom. The third kappa shape index (κ3) is 3.21. The Morgan fingerprint density at radius 2 is 1.69 bits per heavy atom. The van der Waals surface area contributed by atoms with Crippen LogP contribution in [0.1, 0.15) is 59.8 Å². The van der Waals surface area contributed by atoms with Crippen LogP contribution in [0.2, 0.25) is 0 Å². The minimum Gasteiger partial charge on any atom is -0.399 e. The van der Waals surface area contributed by atoms with Crippen molar-refractivity contribution >= 4 is 29.3 Å². The second kappa shape index (κ2) is 6.50. The fourth-order valence-corrected chi connectivity index (χ4v) is 3.76. The van der Waals surface area contributed by atoms with E-state index in [-0.39, 0.29) is 18.3 Å². The van der Waals surface area contributed by atoms with Crippen molar-refractivity contribution in [3.8, 4) is 0 Å². The zero-order chi connectivity index (χ0) is 18.4. The highest BCUT2D eigenvalue weighted by molar-refractivity contribution is 6.62. The van der Waals surface area contributed by atoms with Gasteiger partial charge in [0.05, 0.1) is 16.7 Å². The molecule has 2 aliphatic rings. The number of hydrogen-bond donors (Lipinski definition) is 1. The molecule has 4 rings (SSSR count). The van der Waals surface area contributed by atoms with Crippen molar-refractivity contribution in [3.05, 3.63) is 24.5 Å². The Morgan fingerprint density at radius 1 is 1.00 bits per heavy atom. The van der Waals surface area contributed by atoms with Gasteiger partial charge in [-0.05, 0) is 58.1 Å². The lowest BCUT2D eigenvalue weighted by molar-refractivity contribution is 0.00578. The molecule has 1 aromatic carbocycles. The summed E-state index contributed by atoms with van der Waals surface area (Å²) in [6.07, 6.45) is 7.99. The molecule has 26 heavy (non-hydrogen) atoms. The lowest BCUT2D eigenvalue weighted by Gasteiger charge is -2.32. The summed E-state index contributed by atoms with van der Waals surface area (Å²) in [5.74, 6) is 0.917. The molecule has 2 fully saturated rings. The quantitative estimate of drug-likeness (QED) is 0.854. The van der Waals surface area contributed by atoms with Gasteiger partial charge in [0.1, 0.15) is 12.1 Å². The summed E-state index contributed by atoms with van der Waals surface area (Å²) >= 11 is 0. The second-order valence-corrected chi connectivity index (χ2v) is 8.57. The van der Waals surface area contributed by atoms with Crippen molar-refractivity contribution in [2.24, 2.45) is 0 Å². The van der Waals surface area contributed by atoms with E-state index < -0.39 is 0 Å². The summed E-state index contributed by atoms with van der Waals surface area (Å²) < 4.78 is 12.4. The van der Waals surface area contributed by atoms with E-state index in [0.717, 1.165) is 22.2 Å². The van der Waals surface area contributed by atoms with E-state index in [1.54, 1.807) is 6.33 Å². The van der Waals surface area contributed by atoms with Crippen molar-refractivity contribution in [1.82, 2.24) is 9.97 Å². The normalized spacial score (nSPS) is 22.7. The minimum absolute atomic E-state index is 0.344. The summed E-state index contributed by atoms with van der Waals surface area (Å²) in [5, 5.41) is 4.67. The first-order valence-electron chi connectivity index (χ1n) is 9.73. The number of nitrogens with one attached hydrogen (secondary N) is 1. The van der Waals surface area contributed by atoms with Gasteiger partial charge in [0.25, 0.3) is 0 Å². The molecular formula is C20H28BN3O2. The van der Waals surface area contributed by atoms with Crippen LogP contribution in [0, 0.1) is 0 Å². The van der Waals surface area contributed by atoms with Gasteiger partial charge in [-0.15, -0.1) is 0 Å². The number of rotatable bonds is 3. The van der Waals surface area contributed by atoms with Crippen LogP contribution in [0.5, 0.6) is 0 Å². The molecule has 1 saturated heterocycles. The van der Waals surface area contributed by atoms with Crippen molar-refractivity contribution in [1.29, 1.82) is 0 Å². The van der Waals surface area contributed by atoms with Gasteiger partial charge in [-0.2, -0.15) is 0 Å². The summed E-state index contributed by atoms with van der Waals surface area (Å²) in [4.78, 5) is 8.95. The molecule has 1 aliphatic carbocycles. The van der Waals surface area contributed by atoms with Crippen molar-refractivity contribution < 1.29 is 9.31 Å². The molecule has 1 aliphatic heterocycles. The van der Waals surface area contributed by atoms with E-state index >= 15 is 0 Å². The standard InChI is InChI=1S/C20H28BN3O2/c1-19(2)20(3,4)26-21(25-19)14-10-11-17-16(12-14)18(23-13-22-17)24-15-8-6-5-7-9-15/h10-13,15H,5-9H2,1-4H3,(H,22,23,24). The first-order valence-corrected chi connectivity index (χ1v) is 9.73. The molecule has 1 N–H and O–H groups in total. The largest absolute Gasteiger partial charge is 0.494 e. The Kier molecular flexibility index (Phi) is 4.44. The van der Waals surface area contributed by atoms with Crippen LogP contribution in [-0.4, -0.2) is 34.3 Å². The van der Waals surface area contributed by atoms with Crippen molar-refractivity contribution in [3.63, 3.8) is 0 Å². The lowest BCUT2D eigenvalue weighted by Crippen LogP contribution is -2.41. The number of nitrogens with zero attached hydrogens (tertiary/aromatic N) is 2. The molecule has 2 aromatic rings. The zero-order valence-corrected chi connectivity index (χ0v) is 16.2. The molecule has 0 spiro atoms. The molecule has 0 amide bonds. The Labute approximate surface area is 156 Å². The Bertz CT molecular complexity index is 787. The van der Waals surface area contributed by atoms with Gasteiger partial charge in [-0.3, -0.25) is 0 Å². The van der Waals surface area contributed by atoms with E-state index in [9.17, 15) is 0 Å². The summed E-state index contributed by atoms with van der Waals surface area (Å²) in [6.45, 7) is 8.31. The molecule has 0 unspecified atom stereocenters. The maximum atomic E-state index is 6.21. The molecule has 138 valence electrons. The Balaban J connectivity index is 1.65. The fraction of sp³-hybridized carbons (Fsp3) is 0.600. The predicted molar refractivity (Wildman–Crippen MR) is 106 cm³/mol. The van der Waals surface area contributed by atoms with Crippen molar-refractivity contribution in [2.75, 3.05) is 5.32 Å². The average molecular weight is 353 g/mol. The summed E-state index contributed by atoms with van der Waals surface area (Å²) in [6, 6.07) is 6.69. The fourth-order valence-electron chi connectivity index (χ4n) is 3.76. The van der Waals surface area contributed by atoms with Crippen LogP contribution in [0.4, 0.5) is 5.82 Å². The monoisotopic (exact) mass is 353 g/mol. The van der Waals surface area contributed by atoms with Crippen LogP contribution in [-0.2, 0) is 9.31 Å². The third-order valence-electron chi connectivity index (χ3n) is 6.13. The predicted octanol–water partition coefficient (Wildman–Crippen LogP) is 3.67. The van der Waals surface area contributed by atoms with Gasteiger partial charge < -0.3 is 14.6 Å². The molecular weight excluding hydrogens is 325 g/mol. The van der Waals surface area contributed by atoms with E-state index in [0.29, 0.717) is 6.04 Å². The third-order valence-corrected chi connectivity index (χ3v) is 6.13. The smallest absolute Gasteiger partial charge is 0.399 e. The molecule has 2 heterocycles. The highest BCUT2D eigenvalue weighted by Crippen LogP contribution is 2.36. The van der Waals surface area contributed by atoms with Gasteiger partial charge in [0.15, 0.2) is 0 Å². The topological polar surface area (TPSA) is 56.3 Å². The molecule has 6 heteroatoms. The summed E-state index contributed by atoms with van der Waals surface area (Å²) in [5.41, 5.74) is 1.27. The lowest BCUT2D eigenvalue weighted by atomic mass is 9.78. The van der Waals surface area contributed by atoms with E-state index in [4.69, 9.17) is 9.31 Å². The second-order valence-electron chi connectivity index (χ2n) is 8.57. The number of hydrogen-bond acceptors (Lipinski definition) is 5. The van der Waals surface area contributed by atoms with E-state index in [1.165, 1.54) is 32.1 Å². The van der Waals surface area contributed by atoms with Gasteiger partial charge in [-0.25, -0.2) is 9.97 Å². The maximum absolute atomic E-state index is 6.21. The minimum atomic E-state index is -0.368. The highest BCUT2D eigenvalue weighted by Gasteiger charge is 2.51. The van der Waals surface area contributed by atoms with Gasteiger partial charge >= 0.3 is 7.12 Å². The summed E-state index contributed by atoms with van der Waals surface area (Å²) in [7, 11) is -0.368. The van der Waals surface area contributed by atoms with Gasteiger partial charge in [0.2, 0.25) is 0 Å². The first-order chi connectivity index (χ1) is 12.4. The van der Waals surface area contributed by atoms with Gasteiger partial charge in [-0.1, -0.05) is 25.3 Å². The maximum Gasteiger partial charge on any atom is 0.494 e. The van der Waals surface area contributed by atoms with Gasteiger partial charge in [0, 0.05) is 11.4 Å². The molecule has 1 aromatic heterocycles. The first kappa shape index (κ1) is 17.7. The molecule has 0 bridgehead atoms. The Hall–Kier alpha value is -1.66. The average Bonchev–Trinajstić information content (AvgIpc) is 2.83. The SMILES string of the molecule is CC1(C)OB(c2ccc3ncnc(NC4CCCCC4)c3c2)OC1(C)C. The number of fused-ring (bicyclic) bond motifs is 1. The van der Waals surface area contributed by atoms with Crippen LogP contribution in [0.25, 0.3) is 10.9 Å². The highest BCUT2D eigenvalue weighted by atomic mass is 16.7. The van der Waals surface area contributed by atoms with Crippen LogP contribution >= 0.6 is 0 Å². The number of anilines is 1. The molecule has 5 nitrogen and oxygen atoms in total.